The van der Waals surface area contributed by atoms with Crippen molar-refractivity contribution in [2.24, 2.45) is 5.92 Å². The average molecular weight is 294 g/mol. The second-order valence-corrected chi connectivity index (χ2v) is 5.46. The van der Waals surface area contributed by atoms with Crippen LogP contribution >= 0.6 is 0 Å². The van der Waals surface area contributed by atoms with Crippen molar-refractivity contribution in [3.05, 3.63) is 11.9 Å². The van der Waals surface area contributed by atoms with Crippen molar-refractivity contribution in [1.29, 1.82) is 0 Å². The Balaban J connectivity index is 1.84. The summed E-state index contributed by atoms with van der Waals surface area (Å²) < 4.78 is 10.3. The van der Waals surface area contributed by atoms with Crippen molar-refractivity contribution < 1.29 is 9.47 Å². The van der Waals surface area contributed by atoms with Gasteiger partial charge in [0, 0.05) is 26.7 Å². The van der Waals surface area contributed by atoms with Crippen LogP contribution in [0.1, 0.15) is 18.4 Å². The molecular weight excluding hydrogens is 268 g/mol. The first-order chi connectivity index (χ1) is 10.3. The first-order valence-electron chi connectivity index (χ1n) is 7.56. The maximum atomic E-state index is 5.27. The minimum Gasteiger partial charge on any atom is -0.481 e. The van der Waals surface area contributed by atoms with Crippen molar-refractivity contribution >= 4 is 5.82 Å². The lowest BCUT2D eigenvalue weighted by atomic mass is 9.96. The van der Waals surface area contributed by atoms with Gasteiger partial charge in [0.1, 0.15) is 12.1 Å². The van der Waals surface area contributed by atoms with Gasteiger partial charge in [0.2, 0.25) is 5.88 Å². The highest BCUT2D eigenvalue weighted by Gasteiger charge is 2.22. The molecule has 0 unspecified atom stereocenters. The number of hydrogen-bond donors (Lipinski definition) is 1. The summed E-state index contributed by atoms with van der Waals surface area (Å²) in [5.41, 5.74) is 1.02. The van der Waals surface area contributed by atoms with Gasteiger partial charge in [-0.15, -0.1) is 0 Å². The fraction of sp³-hybridized carbons (Fsp3) is 0.733. The number of aromatic nitrogens is 2. The van der Waals surface area contributed by atoms with Crippen LogP contribution in [-0.2, 0) is 4.74 Å². The maximum Gasteiger partial charge on any atom is 0.221 e. The smallest absolute Gasteiger partial charge is 0.221 e. The lowest BCUT2D eigenvalue weighted by Gasteiger charge is -2.33. The monoisotopic (exact) mass is 294 g/mol. The minimum atomic E-state index is 0.670. The molecule has 0 bridgehead atoms. The number of piperidine rings is 1. The van der Waals surface area contributed by atoms with Crippen molar-refractivity contribution in [2.45, 2.75) is 19.8 Å². The molecule has 1 fully saturated rings. The molecule has 0 spiro atoms. The molecule has 2 rings (SSSR count). The Bertz CT molecular complexity index is 434. The summed E-state index contributed by atoms with van der Waals surface area (Å²) >= 11 is 0. The highest BCUT2D eigenvalue weighted by Crippen LogP contribution is 2.27. The minimum absolute atomic E-state index is 0.670. The van der Waals surface area contributed by atoms with Crippen LogP contribution in [0.3, 0.4) is 0 Å². The Kier molecular flexibility index (Phi) is 6.20. The molecular formula is C15H26N4O2. The van der Waals surface area contributed by atoms with Crippen molar-refractivity contribution in [3.8, 4) is 5.88 Å². The summed E-state index contributed by atoms with van der Waals surface area (Å²) in [6, 6.07) is 0. The SMILES string of the molecule is COCCNCC1CCN(c2ncnc(OC)c2C)CC1. The zero-order valence-electron chi connectivity index (χ0n) is 13.3. The summed E-state index contributed by atoms with van der Waals surface area (Å²) in [5.74, 6) is 2.41. The topological polar surface area (TPSA) is 59.5 Å². The normalized spacial score (nSPS) is 16.2. The Morgan fingerprint density at radius 1 is 1.29 bits per heavy atom. The van der Waals surface area contributed by atoms with Crippen LogP contribution < -0.4 is 15.0 Å². The van der Waals surface area contributed by atoms with Crippen LogP contribution in [0.4, 0.5) is 5.82 Å². The van der Waals surface area contributed by atoms with E-state index in [1.165, 1.54) is 12.8 Å². The van der Waals surface area contributed by atoms with E-state index in [9.17, 15) is 0 Å². The maximum absolute atomic E-state index is 5.27. The molecule has 0 amide bonds. The third-order valence-corrected chi connectivity index (χ3v) is 4.03. The quantitative estimate of drug-likeness (QED) is 0.764. The fourth-order valence-corrected chi connectivity index (χ4v) is 2.78. The summed E-state index contributed by atoms with van der Waals surface area (Å²) in [5, 5.41) is 3.45. The summed E-state index contributed by atoms with van der Waals surface area (Å²) in [6.07, 6.45) is 3.96. The second-order valence-electron chi connectivity index (χ2n) is 5.46. The zero-order chi connectivity index (χ0) is 15.1. The highest BCUT2D eigenvalue weighted by molar-refractivity contribution is 5.50. The molecule has 118 valence electrons. The molecule has 1 saturated heterocycles. The third-order valence-electron chi connectivity index (χ3n) is 4.03. The van der Waals surface area contributed by atoms with Crippen molar-refractivity contribution in [3.63, 3.8) is 0 Å². The van der Waals surface area contributed by atoms with E-state index in [4.69, 9.17) is 9.47 Å². The van der Waals surface area contributed by atoms with E-state index in [0.717, 1.165) is 50.1 Å². The molecule has 1 aliphatic heterocycles. The molecule has 1 N–H and O–H groups in total. The van der Waals surface area contributed by atoms with Crippen LogP contribution in [0.25, 0.3) is 0 Å². The van der Waals surface area contributed by atoms with Gasteiger partial charge in [-0.2, -0.15) is 0 Å². The van der Waals surface area contributed by atoms with E-state index < -0.39 is 0 Å². The summed E-state index contributed by atoms with van der Waals surface area (Å²) in [7, 11) is 3.38. The van der Waals surface area contributed by atoms with Gasteiger partial charge < -0.3 is 19.7 Å². The average Bonchev–Trinajstić information content (AvgIpc) is 2.53. The van der Waals surface area contributed by atoms with Crippen molar-refractivity contribution in [1.82, 2.24) is 15.3 Å². The van der Waals surface area contributed by atoms with Crippen LogP contribution in [0.15, 0.2) is 6.33 Å². The number of nitrogens with zero attached hydrogens (tertiary/aromatic N) is 3. The summed E-state index contributed by atoms with van der Waals surface area (Å²) in [4.78, 5) is 10.9. The number of anilines is 1. The predicted octanol–water partition coefficient (Wildman–Crippen LogP) is 1.25. The van der Waals surface area contributed by atoms with Crippen LogP contribution in [0, 0.1) is 12.8 Å². The lowest BCUT2D eigenvalue weighted by molar-refractivity contribution is 0.196. The van der Waals surface area contributed by atoms with Gasteiger partial charge in [-0.3, -0.25) is 0 Å². The zero-order valence-corrected chi connectivity index (χ0v) is 13.3. The molecule has 1 aromatic rings. The van der Waals surface area contributed by atoms with Gasteiger partial charge in [-0.05, 0) is 32.2 Å². The number of methoxy groups -OCH3 is 2. The van der Waals surface area contributed by atoms with Gasteiger partial charge in [-0.25, -0.2) is 9.97 Å². The van der Waals surface area contributed by atoms with Crippen molar-refractivity contribution in [2.75, 3.05) is 51.9 Å². The van der Waals surface area contributed by atoms with E-state index in [-0.39, 0.29) is 0 Å². The molecule has 1 aromatic heterocycles. The molecule has 21 heavy (non-hydrogen) atoms. The Hall–Kier alpha value is -1.40. The standard InChI is InChI=1S/C15H26N4O2/c1-12-14(17-11-18-15(12)21-3)19-7-4-13(5-8-19)10-16-6-9-20-2/h11,13,16H,4-10H2,1-3H3. The summed E-state index contributed by atoms with van der Waals surface area (Å²) in [6.45, 7) is 6.88. The number of hydrogen-bond acceptors (Lipinski definition) is 6. The predicted molar refractivity (Wildman–Crippen MR) is 83.0 cm³/mol. The molecule has 0 radical (unpaired) electrons. The van der Waals surface area contributed by atoms with E-state index in [1.54, 1.807) is 20.5 Å². The molecule has 0 aromatic carbocycles. The molecule has 2 heterocycles. The van der Waals surface area contributed by atoms with E-state index in [0.29, 0.717) is 5.88 Å². The number of nitrogens with one attached hydrogen (secondary N) is 1. The van der Waals surface area contributed by atoms with E-state index >= 15 is 0 Å². The van der Waals surface area contributed by atoms with Gasteiger partial charge in [0.15, 0.2) is 0 Å². The van der Waals surface area contributed by atoms with Crippen LogP contribution in [-0.4, -0.2) is 57.0 Å². The Morgan fingerprint density at radius 2 is 2.05 bits per heavy atom. The van der Waals surface area contributed by atoms with Crippen LogP contribution in [0.2, 0.25) is 0 Å². The number of ether oxygens (including phenoxy) is 2. The fourth-order valence-electron chi connectivity index (χ4n) is 2.78. The first-order valence-corrected chi connectivity index (χ1v) is 7.56. The number of rotatable bonds is 7. The molecule has 1 aliphatic rings. The molecule has 6 nitrogen and oxygen atoms in total. The van der Waals surface area contributed by atoms with E-state index in [2.05, 4.69) is 20.2 Å². The molecule has 0 aliphatic carbocycles. The van der Waals surface area contributed by atoms with Gasteiger partial charge >= 0.3 is 0 Å². The first kappa shape index (κ1) is 16.0. The van der Waals surface area contributed by atoms with Gasteiger partial charge in [0.25, 0.3) is 0 Å². The van der Waals surface area contributed by atoms with Crippen LogP contribution in [0.5, 0.6) is 5.88 Å². The molecule has 0 saturated carbocycles. The highest BCUT2D eigenvalue weighted by atomic mass is 16.5. The van der Waals surface area contributed by atoms with Gasteiger partial charge in [0.05, 0.1) is 19.3 Å². The lowest BCUT2D eigenvalue weighted by Crippen LogP contribution is -2.38. The Morgan fingerprint density at radius 3 is 2.71 bits per heavy atom. The molecule has 6 heteroatoms. The third kappa shape index (κ3) is 4.28. The Labute approximate surface area is 126 Å². The second kappa shape index (κ2) is 8.14. The molecule has 0 atom stereocenters. The largest absolute Gasteiger partial charge is 0.481 e. The van der Waals surface area contributed by atoms with Gasteiger partial charge in [-0.1, -0.05) is 0 Å². The van der Waals surface area contributed by atoms with E-state index in [1.807, 2.05) is 6.92 Å².